The summed E-state index contributed by atoms with van der Waals surface area (Å²) in [5.74, 6) is -0.183. The van der Waals surface area contributed by atoms with Crippen LogP contribution in [0.15, 0.2) is 67.0 Å². The first-order valence-corrected chi connectivity index (χ1v) is 8.11. The summed E-state index contributed by atoms with van der Waals surface area (Å²) in [4.78, 5) is 16.3. The maximum absolute atomic E-state index is 12.4. The molecule has 0 saturated heterocycles. The highest BCUT2D eigenvalue weighted by atomic mass is 35.5. The Balaban J connectivity index is 1.85. The van der Waals surface area contributed by atoms with E-state index in [1.165, 1.54) is 0 Å². The highest BCUT2D eigenvalue weighted by Gasteiger charge is 2.10. The normalized spacial score (nSPS) is 10.4. The van der Waals surface area contributed by atoms with Crippen molar-refractivity contribution in [1.29, 1.82) is 0 Å². The molecule has 1 amide bonds. The molecule has 1 N–H and O–H groups in total. The van der Waals surface area contributed by atoms with Gasteiger partial charge in [0.25, 0.3) is 5.91 Å². The second kappa shape index (κ2) is 7.47. The number of carbonyl (C=O) groups excluding carboxylic acids is 1. The van der Waals surface area contributed by atoms with Gasteiger partial charge >= 0.3 is 0 Å². The van der Waals surface area contributed by atoms with E-state index in [1.54, 1.807) is 30.6 Å². The lowest BCUT2D eigenvalue weighted by Gasteiger charge is -2.12. The van der Waals surface area contributed by atoms with Gasteiger partial charge in [0.05, 0.1) is 0 Å². The Kier molecular flexibility index (Phi) is 5.14. The third kappa shape index (κ3) is 4.13. The van der Waals surface area contributed by atoms with E-state index in [-0.39, 0.29) is 5.91 Å². The maximum Gasteiger partial charge on any atom is 0.255 e. The van der Waals surface area contributed by atoms with Gasteiger partial charge < -0.3 is 5.32 Å². The maximum atomic E-state index is 12.4. The molecule has 0 spiro atoms. The molecule has 1 heterocycles. The average molecular weight is 357 g/mol. The highest BCUT2D eigenvalue weighted by molar-refractivity contribution is 6.31. The van der Waals surface area contributed by atoms with Crippen LogP contribution in [0.1, 0.15) is 21.5 Å². The lowest BCUT2D eigenvalue weighted by Crippen LogP contribution is -2.13. The number of anilines is 1. The monoisotopic (exact) mass is 356 g/mol. The Morgan fingerprint density at radius 1 is 0.917 bits per heavy atom. The van der Waals surface area contributed by atoms with E-state index >= 15 is 0 Å². The number of hydrogen-bond acceptors (Lipinski definition) is 2. The topological polar surface area (TPSA) is 42.0 Å². The number of amides is 1. The molecule has 3 aromatic rings. The Morgan fingerprint density at radius 3 is 2.29 bits per heavy atom. The van der Waals surface area contributed by atoms with E-state index in [0.29, 0.717) is 22.0 Å². The summed E-state index contributed by atoms with van der Waals surface area (Å²) in [7, 11) is 0. The summed E-state index contributed by atoms with van der Waals surface area (Å²) in [6.45, 7) is 0. The predicted molar refractivity (Wildman–Crippen MR) is 97.9 cm³/mol. The molecule has 2 aromatic carbocycles. The van der Waals surface area contributed by atoms with Gasteiger partial charge in [0.2, 0.25) is 0 Å². The quantitative estimate of drug-likeness (QED) is 0.695. The summed E-state index contributed by atoms with van der Waals surface area (Å²) >= 11 is 12.0. The first kappa shape index (κ1) is 16.5. The molecule has 0 aliphatic heterocycles. The minimum absolute atomic E-state index is 0.183. The van der Waals surface area contributed by atoms with Crippen LogP contribution in [0.25, 0.3) is 0 Å². The third-order valence-electron chi connectivity index (χ3n) is 3.57. The first-order valence-electron chi connectivity index (χ1n) is 7.36. The van der Waals surface area contributed by atoms with Gasteiger partial charge in [0, 0.05) is 33.7 Å². The van der Waals surface area contributed by atoms with Crippen molar-refractivity contribution in [2.45, 2.75) is 6.42 Å². The van der Waals surface area contributed by atoms with Crippen molar-refractivity contribution in [3.05, 3.63) is 93.7 Å². The van der Waals surface area contributed by atoms with E-state index in [2.05, 4.69) is 10.3 Å². The summed E-state index contributed by atoms with van der Waals surface area (Å²) in [6, 6.07) is 16.4. The van der Waals surface area contributed by atoms with Gasteiger partial charge in [-0.3, -0.25) is 9.78 Å². The Morgan fingerprint density at radius 2 is 1.58 bits per heavy atom. The van der Waals surface area contributed by atoms with E-state index < -0.39 is 0 Å². The number of carbonyl (C=O) groups is 1. The van der Waals surface area contributed by atoms with Gasteiger partial charge in [-0.1, -0.05) is 35.3 Å². The van der Waals surface area contributed by atoms with Gasteiger partial charge in [-0.15, -0.1) is 0 Å². The van der Waals surface area contributed by atoms with E-state index in [9.17, 15) is 4.79 Å². The molecule has 0 atom stereocenters. The van der Waals surface area contributed by atoms with Crippen molar-refractivity contribution in [3.63, 3.8) is 0 Å². The molecule has 0 saturated carbocycles. The molecule has 0 unspecified atom stereocenters. The van der Waals surface area contributed by atoms with Crippen molar-refractivity contribution < 1.29 is 4.79 Å². The van der Waals surface area contributed by atoms with Crippen molar-refractivity contribution in [2.75, 3.05) is 5.32 Å². The van der Waals surface area contributed by atoms with Gasteiger partial charge in [0.1, 0.15) is 0 Å². The molecule has 3 nitrogen and oxygen atoms in total. The molecule has 3 rings (SSSR count). The number of halogens is 2. The zero-order valence-electron chi connectivity index (χ0n) is 12.7. The highest BCUT2D eigenvalue weighted by Crippen LogP contribution is 2.24. The van der Waals surface area contributed by atoms with Crippen LogP contribution in [-0.2, 0) is 6.42 Å². The van der Waals surface area contributed by atoms with Crippen molar-refractivity contribution in [2.24, 2.45) is 0 Å². The van der Waals surface area contributed by atoms with Crippen molar-refractivity contribution in [3.8, 4) is 0 Å². The van der Waals surface area contributed by atoms with Crippen LogP contribution < -0.4 is 5.32 Å². The standard InChI is InChI=1S/C19H14Cl2N2O/c20-16-3-1-13(2-4-16)11-15-12-17(21)5-6-18(15)23-19(24)14-7-9-22-10-8-14/h1-10,12H,11H2,(H,23,24). The average Bonchev–Trinajstić information content (AvgIpc) is 2.60. The van der Waals surface area contributed by atoms with Crippen LogP contribution in [0.5, 0.6) is 0 Å². The predicted octanol–water partition coefficient (Wildman–Crippen LogP) is 5.23. The molecule has 1 aromatic heterocycles. The molecule has 0 bridgehead atoms. The first-order chi connectivity index (χ1) is 11.6. The summed E-state index contributed by atoms with van der Waals surface area (Å²) < 4.78 is 0. The van der Waals surface area contributed by atoms with Crippen LogP contribution in [0.2, 0.25) is 10.0 Å². The summed E-state index contributed by atoms with van der Waals surface area (Å²) in [6.07, 6.45) is 3.82. The Bertz CT molecular complexity index is 849. The largest absolute Gasteiger partial charge is 0.322 e. The smallest absolute Gasteiger partial charge is 0.255 e. The second-order valence-electron chi connectivity index (χ2n) is 5.29. The van der Waals surface area contributed by atoms with Gasteiger partial charge in [-0.05, 0) is 60.0 Å². The number of hydrogen-bond donors (Lipinski definition) is 1. The van der Waals surface area contributed by atoms with Crippen LogP contribution in [-0.4, -0.2) is 10.9 Å². The van der Waals surface area contributed by atoms with Crippen LogP contribution in [0.4, 0.5) is 5.69 Å². The number of rotatable bonds is 4. The summed E-state index contributed by atoms with van der Waals surface area (Å²) in [5.41, 5.74) is 3.31. The van der Waals surface area contributed by atoms with E-state index in [0.717, 1.165) is 16.8 Å². The molecule has 0 radical (unpaired) electrons. The number of aromatic nitrogens is 1. The third-order valence-corrected chi connectivity index (χ3v) is 4.05. The molecule has 0 aliphatic carbocycles. The molecule has 120 valence electrons. The molecule has 5 heteroatoms. The Labute approximate surface area is 150 Å². The lowest BCUT2D eigenvalue weighted by molar-refractivity contribution is 0.102. The fourth-order valence-corrected chi connectivity index (χ4v) is 2.67. The SMILES string of the molecule is O=C(Nc1ccc(Cl)cc1Cc1ccc(Cl)cc1)c1ccncc1. The van der Waals surface area contributed by atoms with E-state index in [1.807, 2.05) is 36.4 Å². The number of pyridine rings is 1. The van der Waals surface area contributed by atoms with Crippen LogP contribution in [0.3, 0.4) is 0 Å². The lowest BCUT2D eigenvalue weighted by atomic mass is 10.0. The zero-order chi connectivity index (χ0) is 16.9. The fourth-order valence-electron chi connectivity index (χ4n) is 2.35. The Hall–Kier alpha value is -2.36. The molecular formula is C19H14Cl2N2O. The fraction of sp³-hybridized carbons (Fsp3) is 0.0526. The number of benzene rings is 2. The zero-order valence-corrected chi connectivity index (χ0v) is 14.2. The van der Waals surface area contributed by atoms with Crippen LogP contribution in [0, 0.1) is 0 Å². The van der Waals surface area contributed by atoms with Crippen LogP contribution >= 0.6 is 23.2 Å². The second-order valence-corrected chi connectivity index (χ2v) is 6.17. The van der Waals surface area contributed by atoms with E-state index in [4.69, 9.17) is 23.2 Å². The van der Waals surface area contributed by atoms with Gasteiger partial charge in [-0.25, -0.2) is 0 Å². The van der Waals surface area contributed by atoms with Gasteiger partial charge in [-0.2, -0.15) is 0 Å². The molecule has 0 aliphatic rings. The number of nitrogens with one attached hydrogen (secondary N) is 1. The van der Waals surface area contributed by atoms with Crippen molar-refractivity contribution in [1.82, 2.24) is 4.98 Å². The van der Waals surface area contributed by atoms with Gasteiger partial charge in [0.15, 0.2) is 0 Å². The summed E-state index contributed by atoms with van der Waals surface area (Å²) in [5, 5.41) is 4.25. The minimum Gasteiger partial charge on any atom is -0.322 e. The molecule has 24 heavy (non-hydrogen) atoms. The number of nitrogens with zero attached hydrogens (tertiary/aromatic N) is 1. The molecular weight excluding hydrogens is 343 g/mol. The molecule has 0 fully saturated rings. The minimum atomic E-state index is -0.183. The van der Waals surface area contributed by atoms with Crippen molar-refractivity contribution >= 4 is 34.8 Å².